The number of hydrogen-bond donors (Lipinski definition) is 1. The summed E-state index contributed by atoms with van der Waals surface area (Å²) in [6.45, 7) is 10.1. The molecule has 0 aromatic heterocycles. The van der Waals surface area contributed by atoms with Crippen LogP contribution in [0.3, 0.4) is 0 Å². The third-order valence-corrected chi connectivity index (χ3v) is 8.02. The first-order chi connectivity index (χ1) is 16.6. The molecule has 3 rings (SSSR count). The lowest BCUT2D eigenvalue weighted by Gasteiger charge is -2.25. The number of piperidine rings is 1. The third-order valence-electron chi connectivity index (χ3n) is 6.11. The molecule has 1 aliphatic rings. The Kier molecular flexibility index (Phi) is 9.19. The van der Waals surface area contributed by atoms with Crippen LogP contribution in [0, 0.1) is 0 Å². The van der Waals surface area contributed by atoms with Gasteiger partial charge in [0.1, 0.15) is 18.1 Å². The van der Waals surface area contributed by atoms with E-state index in [0.717, 1.165) is 19.3 Å². The van der Waals surface area contributed by atoms with Gasteiger partial charge in [-0.25, -0.2) is 8.42 Å². The molecule has 0 bridgehead atoms. The highest BCUT2D eigenvalue weighted by molar-refractivity contribution is 7.89. The first kappa shape index (κ1) is 27.0. The molecule has 0 spiro atoms. The first-order valence-electron chi connectivity index (χ1n) is 12.4. The number of sulfonamides is 1. The maximum atomic E-state index is 12.7. The fourth-order valence-electron chi connectivity index (χ4n) is 3.94. The Hall–Kier alpha value is -2.58. The lowest BCUT2D eigenvalue weighted by Crippen LogP contribution is -2.39. The summed E-state index contributed by atoms with van der Waals surface area (Å²) < 4.78 is 38.6. The van der Waals surface area contributed by atoms with E-state index in [1.165, 1.54) is 5.56 Å². The summed E-state index contributed by atoms with van der Waals surface area (Å²) in [5, 5.41) is 2.85. The van der Waals surface area contributed by atoms with Gasteiger partial charge in [0.15, 0.2) is 6.10 Å². The van der Waals surface area contributed by atoms with Crippen LogP contribution in [0.5, 0.6) is 11.5 Å². The molecule has 1 atom stereocenters. The van der Waals surface area contributed by atoms with Crippen molar-refractivity contribution in [2.75, 3.05) is 26.2 Å². The predicted octanol–water partition coefficient (Wildman–Crippen LogP) is 4.51. The number of benzene rings is 2. The molecule has 1 saturated heterocycles. The molecule has 2 aromatic rings. The van der Waals surface area contributed by atoms with Gasteiger partial charge in [-0.3, -0.25) is 4.79 Å². The maximum Gasteiger partial charge on any atom is 0.261 e. The molecule has 1 amide bonds. The van der Waals surface area contributed by atoms with Gasteiger partial charge in [-0.1, -0.05) is 46.2 Å². The van der Waals surface area contributed by atoms with E-state index in [0.29, 0.717) is 37.6 Å². The summed E-state index contributed by atoms with van der Waals surface area (Å²) in [7, 11) is -3.46. The largest absolute Gasteiger partial charge is 0.492 e. The van der Waals surface area contributed by atoms with Crippen LogP contribution in [0.2, 0.25) is 0 Å². The summed E-state index contributed by atoms with van der Waals surface area (Å²) in [4.78, 5) is 12.8. The van der Waals surface area contributed by atoms with Gasteiger partial charge in [-0.05, 0) is 66.6 Å². The Morgan fingerprint density at radius 3 is 2.14 bits per heavy atom. The van der Waals surface area contributed by atoms with Crippen molar-refractivity contribution in [2.45, 2.75) is 69.8 Å². The Balaban J connectivity index is 1.45. The molecule has 0 aliphatic carbocycles. The molecule has 1 N–H and O–H groups in total. The Bertz CT molecular complexity index is 1050. The molecule has 35 heavy (non-hydrogen) atoms. The first-order valence-corrected chi connectivity index (χ1v) is 13.8. The van der Waals surface area contributed by atoms with Gasteiger partial charge in [-0.2, -0.15) is 4.31 Å². The van der Waals surface area contributed by atoms with Crippen LogP contribution in [0.4, 0.5) is 0 Å². The number of carbonyl (C=O) groups is 1. The van der Waals surface area contributed by atoms with Crippen molar-refractivity contribution in [2.24, 2.45) is 0 Å². The zero-order valence-electron chi connectivity index (χ0n) is 21.2. The molecule has 0 unspecified atom stereocenters. The third kappa shape index (κ3) is 7.45. The fourth-order valence-corrected chi connectivity index (χ4v) is 5.46. The molecule has 7 nitrogen and oxygen atoms in total. The van der Waals surface area contributed by atoms with E-state index in [1.54, 1.807) is 28.6 Å². The second-order valence-corrected chi connectivity index (χ2v) is 11.8. The Morgan fingerprint density at radius 2 is 1.57 bits per heavy atom. The summed E-state index contributed by atoms with van der Waals surface area (Å²) in [6, 6.07) is 14.3. The van der Waals surface area contributed by atoms with Crippen LogP contribution in [0.15, 0.2) is 53.4 Å². The zero-order valence-corrected chi connectivity index (χ0v) is 22.1. The van der Waals surface area contributed by atoms with E-state index in [4.69, 9.17) is 9.47 Å². The summed E-state index contributed by atoms with van der Waals surface area (Å²) in [6.07, 6.45) is 2.83. The lowest BCUT2D eigenvalue weighted by molar-refractivity contribution is -0.128. The normalized spacial score (nSPS) is 15.9. The maximum absolute atomic E-state index is 12.7. The van der Waals surface area contributed by atoms with E-state index in [1.807, 2.05) is 31.2 Å². The average molecular weight is 503 g/mol. The van der Waals surface area contributed by atoms with Crippen LogP contribution < -0.4 is 14.8 Å². The minimum atomic E-state index is -3.46. The summed E-state index contributed by atoms with van der Waals surface area (Å²) >= 11 is 0. The Labute approximate surface area is 209 Å². The number of nitrogens with zero attached hydrogens (tertiary/aromatic N) is 1. The quantitative estimate of drug-likeness (QED) is 0.483. The standard InChI is InChI=1S/C27H38N2O5S/c1-5-25(34-23-11-9-21(10-12-23)27(2,3)4)26(30)28-17-20-33-22-13-15-24(16-14-22)35(31,32)29-18-7-6-8-19-29/h9-16,25H,5-8,17-20H2,1-4H3,(H,28,30)/t25-/m0/s1. The van der Waals surface area contributed by atoms with Gasteiger partial charge in [0.05, 0.1) is 11.4 Å². The van der Waals surface area contributed by atoms with E-state index in [-0.39, 0.29) is 22.8 Å². The Morgan fingerprint density at radius 1 is 0.971 bits per heavy atom. The minimum Gasteiger partial charge on any atom is -0.492 e. The van der Waals surface area contributed by atoms with Crippen molar-refractivity contribution in [3.8, 4) is 11.5 Å². The molecule has 1 aliphatic heterocycles. The van der Waals surface area contributed by atoms with Gasteiger partial charge in [0.25, 0.3) is 5.91 Å². The topological polar surface area (TPSA) is 84.9 Å². The minimum absolute atomic E-state index is 0.0575. The number of ether oxygens (including phenoxy) is 2. The van der Waals surface area contributed by atoms with Gasteiger partial charge < -0.3 is 14.8 Å². The molecular weight excluding hydrogens is 464 g/mol. The van der Waals surface area contributed by atoms with Crippen molar-refractivity contribution in [3.05, 3.63) is 54.1 Å². The lowest BCUT2D eigenvalue weighted by atomic mass is 9.87. The summed E-state index contributed by atoms with van der Waals surface area (Å²) in [5.41, 5.74) is 1.26. The zero-order chi connectivity index (χ0) is 25.5. The van der Waals surface area contributed by atoms with Crippen molar-refractivity contribution >= 4 is 15.9 Å². The SMILES string of the molecule is CC[C@H](Oc1ccc(C(C)(C)C)cc1)C(=O)NCCOc1ccc(S(=O)(=O)N2CCCCC2)cc1. The predicted molar refractivity (Wildman–Crippen MR) is 137 cm³/mol. The van der Waals surface area contributed by atoms with Crippen LogP contribution in [0.25, 0.3) is 0 Å². The molecule has 192 valence electrons. The number of amides is 1. The number of nitrogens with one attached hydrogen (secondary N) is 1. The van der Waals surface area contributed by atoms with Gasteiger partial charge in [-0.15, -0.1) is 0 Å². The highest BCUT2D eigenvalue weighted by Gasteiger charge is 2.25. The molecule has 0 saturated carbocycles. The van der Waals surface area contributed by atoms with E-state index in [9.17, 15) is 13.2 Å². The molecule has 0 radical (unpaired) electrons. The van der Waals surface area contributed by atoms with Crippen molar-refractivity contribution in [1.82, 2.24) is 9.62 Å². The van der Waals surface area contributed by atoms with Crippen molar-refractivity contribution < 1.29 is 22.7 Å². The molecule has 8 heteroatoms. The molecular formula is C27H38N2O5S. The number of carbonyl (C=O) groups excluding carboxylic acids is 1. The fraction of sp³-hybridized carbons (Fsp3) is 0.519. The van der Waals surface area contributed by atoms with Crippen molar-refractivity contribution in [1.29, 1.82) is 0 Å². The van der Waals surface area contributed by atoms with Gasteiger partial charge in [0.2, 0.25) is 10.0 Å². The highest BCUT2D eigenvalue weighted by Crippen LogP contribution is 2.25. The molecule has 2 aromatic carbocycles. The van der Waals surface area contributed by atoms with Gasteiger partial charge in [0, 0.05) is 13.1 Å². The van der Waals surface area contributed by atoms with Crippen LogP contribution in [-0.4, -0.2) is 51.0 Å². The summed E-state index contributed by atoms with van der Waals surface area (Å²) in [5.74, 6) is 1.02. The highest BCUT2D eigenvalue weighted by atomic mass is 32.2. The van der Waals surface area contributed by atoms with Crippen LogP contribution in [0.1, 0.15) is 58.9 Å². The second-order valence-electron chi connectivity index (χ2n) is 9.86. The van der Waals surface area contributed by atoms with Gasteiger partial charge >= 0.3 is 0 Å². The average Bonchev–Trinajstić information content (AvgIpc) is 2.85. The van der Waals surface area contributed by atoms with Crippen LogP contribution >= 0.6 is 0 Å². The van der Waals surface area contributed by atoms with Crippen molar-refractivity contribution in [3.63, 3.8) is 0 Å². The molecule has 1 heterocycles. The van der Waals surface area contributed by atoms with E-state index >= 15 is 0 Å². The van der Waals surface area contributed by atoms with E-state index < -0.39 is 16.1 Å². The number of rotatable bonds is 10. The monoisotopic (exact) mass is 502 g/mol. The molecule has 1 fully saturated rings. The smallest absolute Gasteiger partial charge is 0.261 e. The second kappa shape index (κ2) is 11.9. The van der Waals surface area contributed by atoms with E-state index in [2.05, 4.69) is 26.1 Å². The number of hydrogen-bond acceptors (Lipinski definition) is 5. The van der Waals surface area contributed by atoms with Crippen LogP contribution in [-0.2, 0) is 20.2 Å².